The summed E-state index contributed by atoms with van der Waals surface area (Å²) in [6, 6.07) is 3.53. The lowest BCUT2D eigenvalue weighted by Crippen LogP contribution is -2.09. The Morgan fingerprint density at radius 2 is 1.82 bits per heavy atom. The molecule has 0 saturated carbocycles. The fourth-order valence-corrected chi connectivity index (χ4v) is 2.49. The zero-order chi connectivity index (χ0) is 12.6. The minimum atomic E-state index is -0.886. The van der Waals surface area contributed by atoms with Crippen molar-refractivity contribution in [1.29, 1.82) is 0 Å². The van der Waals surface area contributed by atoms with Gasteiger partial charge in [0, 0.05) is 6.07 Å². The van der Waals surface area contributed by atoms with Gasteiger partial charge in [-0.25, -0.2) is 0 Å². The van der Waals surface area contributed by atoms with Crippen molar-refractivity contribution < 1.29 is 14.6 Å². The molecule has 2 rings (SSSR count). The second-order valence-electron chi connectivity index (χ2n) is 3.08. The molecule has 9 heteroatoms. The Labute approximate surface area is 102 Å². The number of nitro groups is 2. The van der Waals surface area contributed by atoms with Crippen LogP contribution in [-0.2, 0) is 0 Å². The molecule has 1 fully saturated rings. The SMILES string of the molecule is O=C(c1cccc([N+](=O)[O-])c1[N+](=O)[O-])C1SS1. The first kappa shape index (κ1) is 11.9. The molecular formula is C8H4N2O5S2. The van der Waals surface area contributed by atoms with Crippen LogP contribution in [0.5, 0.6) is 0 Å². The number of ketones is 1. The molecular weight excluding hydrogens is 268 g/mol. The van der Waals surface area contributed by atoms with Gasteiger partial charge in [0.15, 0.2) is 5.78 Å². The third-order valence-electron chi connectivity index (χ3n) is 2.07. The van der Waals surface area contributed by atoms with Crippen molar-refractivity contribution in [3.05, 3.63) is 44.0 Å². The molecule has 7 nitrogen and oxygen atoms in total. The highest BCUT2D eigenvalue weighted by Gasteiger charge is 2.40. The molecule has 0 spiro atoms. The van der Waals surface area contributed by atoms with E-state index in [-0.39, 0.29) is 10.1 Å². The first-order valence-electron chi connectivity index (χ1n) is 4.30. The first-order valence-corrected chi connectivity index (χ1v) is 6.58. The summed E-state index contributed by atoms with van der Waals surface area (Å²) >= 11 is 0. The predicted octanol–water partition coefficient (Wildman–Crippen LogP) is 2.41. The van der Waals surface area contributed by atoms with Crippen molar-refractivity contribution in [2.45, 2.75) is 4.58 Å². The summed E-state index contributed by atoms with van der Waals surface area (Å²) in [5.41, 5.74) is -1.58. The molecule has 0 radical (unpaired) electrons. The van der Waals surface area contributed by atoms with E-state index in [9.17, 15) is 25.0 Å². The maximum Gasteiger partial charge on any atom is 0.356 e. The Balaban J connectivity index is 2.57. The Bertz CT molecular complexity index is 529. The summed E-state index contributed by atoms with van der Waals surface area (Å²) in [6.07, 6.45) is 0. The zero-order valence-corrected chi connectivity index (χ0v) is 9.69. The third kappa shape index (κ3) is 2.24. The normalized spacial score (nSPS) is 14.4. The molecule has 0 aromatic heterocycles. The van der Waals surface area contributed by atoms with Gasteiger partial charge in [-0.2, -0.15) is 0 Å². The van der Waals surface area contributed by atoms with Gasteiger partial charge in [0.2, 0.25) is 0 Å². The highest BCUT2D eigenvalue weighted by atomic mass is 33.2. The van der Waals surface area contributed by atoms with Gasteiger partial charge in [-0.1, -0.05) is 27.7 Å². The number of nitro benzene ring substituents is 2. The van der Waals surface area contributed by atoms with Gasteiger partial charge in [-0.15, -0.1) is 0 Å². The minimum Gasteiger partial charge on any atom is -0.292 e. The second kappa shape index (κ2) is 4.34. The number of carbonyl (C=O) groups is 1. The first-order chi connectivity index (χ1) is 8.02. The smallest absolute Gasteiger partial charge is 0.292 e. The van der Waals surface area contributed by atoms with Crippen molar-refractivity contribution in [2.24, 2.45) is 0 Å². The van der Waals surface area contributed by atoms with Crippen LogP contribution in [0.3, 0.4) is 0 Å². The maximum absolute atomic E-state index is 11.7. The van der Waals surface area contributed by atoms with E-state index in [0.29, 0.717) is 0 Å². The van der Waals surface area contributed by atoms with Crippen molar-refractivity contribution in [2.75, 3.05) is 0 Å². The standard InChI is InChI=1S/C8H4N2O5S2/c11-7(8-16-17-8)4-2-1-3-5(9(12)13)6(4)10(14)15/h1-3,8H. The quantitative estimate of drug-likeness (QED) is 0.272. The van der Waals surface area contributed by atoms with Crippen LogP contribution in [0.2, 0.25) is 0 Å². The molecule has 1 aromatic rings. The van der Waals surface area contributed by atoms with Crippen molar-refractivity contribution in [3.63, 3.8) is 0 Å². The average Bonchev–Trinajstić information content (AvgIpc) is 3.10. The van der Waals surface area contributed by atoms with Crippen LogP contribution in [-0.4, -0.2) is 20.2 Å². The third-order valence-corrected chi connectivity index (χ3v) is 4.03. The van der Waals surface area contributed by atoms with Crippen LogP contribution in [0.25, 0.3) is 0 Å². The maximum atomic E-state index is 11.7. The molecule has 17 heavy (non-hydrogen) atoms. The lowest BCUT2D eigenvalue weighted by atomic mass is 10.1. The summed E-state index contributed by atoms with van der Waals surface area (Å²) in [4.78, 5) is 31.5. The van der Waals surface area contributed by atoms with Crippen LogP contribution >= 0.6 is 21.6 Å². The highest BCUT2D eigenvalue weighted by molar-refractivity contribution is 8.93. The molecule has 1 aliphatic rings. The fraction of sp³-hybridized carbons (Fsp3) is 0.125. The fourth-order valence-electron chi connectivity index (χ4n) is 1.31. The molecule has 1 aromatic carbocycles. The van der Waals surface area contributed by atoms with E-state index in [0.717, 1.165) is 6.07 Å². The molecule has 0 N–H and O–H groups in total. The van der Waals surface area contributed by atoms with Crippen LogP contribution in [0.4, 0.5) is 11.4 Å². The monoisotopic (exact) mass is 272 g/mol. The van der Waals surface area contributed by atoms with Crippen LogP contribution in [0.1, 0.15) is 10.4 Å². The lowest BCUT2D eigenvalue weighted by molar-refractivity contribution is -0.422. The van der Waals surface area contributed by atoms with Gasteiger partial charge in [-0.05, 0) is 6.07 Å². The summed E-state index contributed by atoms with van der Waals surface area (Å²) in [5, 5.41) is 21.5. The second-order valence-corrected chi connectivity index (χ2v) is 5.86. The van der Waals surface area contributed by atoms with E-state index >= 15 is 0 Å². The summed E-state index contributed by atoms with van der Waals surface area (Å²) in [6.45, 7) is 0. The van der Waals surface area contributed by atoms with E-state index < -0.39 is 27.0 Å². The number of hydrogen-bond acceptors (Lipinski definition) is 7. The molecule has 0 amide bonds. The Hall–Kier alpha value is -1.61. The Morgan fingerprint density at radius 3 is 2.29 bits per heavy atom. The number of nitrogens with zero attached hydrogens (tertiary/aromatic N) is 2. The van der Waals surface area contributed by atoms with E-state index in [2.05, 4.69) is 0 Å². The molecule has 88 valence electrons. The van der Waals surface area contributed by atoms with Crippen molar-refractivity contribution >= 4 is 38.7 Å². The largest absolute Gasteiger partial charge is 0.356 e. The summed E-state index contributed by atoms with van der Waals surface area (Å²) in [5.74, 6) is -0.449. The summed E-state index contributed by atoms with van der Waals surface area (Å²) < 4.78 is -0.379. The zero-order valence-electron chi connectivity index (χ0n) is 8.06. The summed E-state index contributed by atoms with van der Waals surface area (Å²) in [7, 11) is 2.56. The minimum absolute atomic E-state index is 0.202. The topological polar surface area (TPSA) is 103 Å². The van der Waals surface area contributed by atoms with E-state index in [4.69, 9.17) is 0 Å². The molecule has 1 saturated heterocycles. The molecule has 0 atom stereocenters. The predicted molar refractivity (Wildman–Crippen MR) is 63.1 cm³/mol. The van der Waals surface area contributed by atoms with Crippen LogP contribution < -0.4 is 0 Å². The van der Waals surface area contributed by atoms with Gasteiger partial charge in [0.05, 0.1) is 9.85 Å². The van der Waals surface area contributed by atoms with Crippen LogP contribution in [0, 0.1) is 20.2 Å². The number of benzene rings is 1. The molecule has 0 aliphatic carbocycles. The van der Waals surface area contributed by atoms with Crippen molar-refractivity contribution in [1.82, 2.24) is 0 Å². The molecule has 0 unspecified atom stereocenters. The molecule has 1 heterocycles. The average molecular weight is 272 g/mol. The van der Waals surface area contributed by atoms with E-state index in [1.165, 1.54) is 33.7 Å². The van der Waals surface area contributed by atoms with Gasteiger partial charge in [0.25, 0.3) is 0 Å². The van der Waals surface area contributed by atoms with E-state index in [1.54, 1.807) is 0 Å². The number of carbonyl (C=O) groups excluding carboxylic acids is 1. The molecule has 1 aliphatic heterocycles. The highest BCUT2D eigenvalue weighted by Crippen LogP contribution is 2.55. The van der Waals surface area contributed by atoms with E-state index in [1.807, 2.05) is 0 Å². The molecule has 0 bridgehead atoms. The Kier molecular flexibility index (Phi) is 3.03. The van der Waals surface area contributed by atoms with Gasteiger partial charge < -0.3 is 0 Å². The number of para-hydroxylation sites is 1. The van der Waals surface area contributed by atoms with Gasteiger partial charge >= 0.3 is 11.4 Å². The lowest BCUT2D eigenvalue weighted by Gasteiger charge is -2.00. The number of Topliss-reactive ketones (excluding diaryl/α,β-unsaturated/α-hetero) is 1. The van der Waals surface area contributed by atoms with Crippen molar-refractivity contribution in [3.8, 4) is 0 Å². The van der Waals surface area contributed by atoms with Crippen LogP contribution in [0.15, 0.2) is 18.2 Å². The van der Waals surface area contributed by atoms with Gasteiger partial charge in [0.1, 0.15) is 10.1 Å². The number of rotatable bonds is 4. The Morgan fingerprint density at radius 1 is 1.18 bits per heavy atom. The number of hydrogen-bond donors (Lipinski definition) is 0. The van der Waals surface area contributed by atoms with Gasteiger partial charge in [-0.3, -0.25) is 25.0 Å².